The van der Waals surface area contributed by atoms with Crippen molar-refractivity contribution in [3.8, 4) is 0 Å². The summed E-state index contributed by atoms with van der Waals surface area (Å²) in [4.78, 5) is 2.59. The van der Waals surface area contributed by atoms with Gasteiger partial charge < -0.3 is 9.47 Å². The van der Waals surface area contributed by atoms with Crippen molar-refractivity contribution < 1.29 is 0 Å². The molecular weight excluding hydrogens is 316 g/mol. The van der Waals surface area contributed by atoms with Crippen LogP contribution in [-0.2, 0) is 12.8 Å². The van der Waals surface area contributed by atoms with Gasteiger partial charge >= 0.3 is 0 Å². The molecule has 130 valence electrons. The van der Waals surface area contributed by atoms with Gasteiger partial charge in [0, 0.05) is 31.8 Å². The second-order valence-electron chi connectivity index (χ2n) is 7.17. The lowest BCUT2D eigenvalue weighted by Crippen LogP contribution is -2.37. The van der Waals surface area contributed by atoms with E-state index in [4.69, 9.17) is 0 Å². The van der Waals surface area contributed by atoms with E-state index in [1.165, 1.54) is 31.5 Å². The third-order valence-corrected chi connectivity index (χ3v) is 5.66. The van der Waals surface area contributed by atoms with Gasteiger partial charge in [0.15, 0.2) is 5.16 Å². The Morgan fingerprint density at radius 2 is 2.00 bits per heavy atom. The molecule has 4 nitrogen and oxygen atoms in total. The Balaban J connectivity index is 1.63. The van der Waals surface area contributed by atoms with Gasteiger partial charge in [-0.25, -0.2) is 0 Å². The number of hydrogen-bond acceptors (Lipinski definition) is 4. The molecule has 0 bridgehead atoms. The number of thioether (sulfide) groups is 1. The molecule has 1 fully saturated rings. The number of benzene rings is 1. The third-order valence-electron chi connectivity index (χ3n) is 4.57. The number of hydrogen-bond donors (Lipinski definition) is 0. The largest absolute Gasteiger partial charge is 0.309 e. The molecule has 3 rings (SSSR count). The Morgan fingerprint density at radius 1 is 1.21 bits per heavy atom. The van der Waals surface area contributed by atoms with Gasteiger partial charge in [-0.15, -0.1) is 10.2 Å². The number of piperidine rings is 1. The summed E-state index contributed by atoms with van der Waals surface area (Å²) >= 11 is 1.77. The van der Waals surface area contributed by atoms with E-state index >= 15 is 0 Å². The number of rotatable bonds is 6. The van der Waals surface area contributed by atoms with Crippen LogP contribution in [0.5, 0.6) is 0 Å². The van der Waals surface area contributed by atoms with Crippen LogP contribution in [0.2, 0.25) is 0 Å². The van der Waals surface area contributed by atoms with Crippen LogP contribution in [0.3, 0.4) is 0 Å². The Bertz CT molecular complexity index is 638. The summed E-state index contributed by atoms with van der Waals surface area (Å²) in [6.45, 7) is 8.12. The fourth-order valence-corrected chi connectivity index (χ4v) is 4.35. The molecule has 1 aromatic carbocycles. The molecule has 0 spiro atoms. The summed E-state index contributed by atoms with van der Waals surface area (Å²) in [6, 6.07) is 10.6. The quantitative estimate of drug-likeness (QED) is 0.743. The highest BCUT2D eigenvalue weighted by molar-refractivity contribution is 7.98. The minimum Gasteiger partial charge on any atom is -0.309 e. The van der Waals surface area contributed by atoms with Gasteiger partial charge in [-0.2, -0.15) is 0 Å². The maximum atomic E-state index is 4.53. The van der Waals surface area contributed by atoms with Crippen molar-refractivity contribution in [1.82, 2.24) is 19.7 Å². The van der Waals surface area contributed by atoms with E-state index < -0.39 is 0 Å². The zero-order valence-electron chi connectivity index (χ0n) is 15.0. The zero-order valence-corrected chi connectivity index (χ0v) is 15.8. The molecular formula is C19H28N4S. The highest BCUT2D eigenvalue weighted by Crippen LogP contribution is 2.29. The molecule has 1 saturated heterocycles. The van der Waals surface area contributed by atoms with Crippen molar-refractivity contribution in [1.29, 1.82) is 0 Å². The van der Waals surface area contributed by atoms with Crippen LogP contribution < -0.4 is 0 Å². The minimum absolute atomic E-state index is 0.515. The van der Waals surface area contributed by atoms with Crippen molar-refractivity contribution in [3.63, 3.8) is 0 Å². The van der Waals surface area contributed by atoms with E-state index in [9.17, 15) is 0 Å². The third kappa shape index (κ3) is 4.39. The fourth-order valence-electron chi connectivity index (χ4n) is 3.48. The van der Waals surface area contributed by atoms with E-state index in [1.807, 2.05) is 0 Å². The van der Waals surface area contributed by atoms with E-state index in [2.05, 4.69) is 70.9 Å². The van der Waals surface area contributed by atoms with Crippen LogP contribution in [-0.4, -0.2) is 39.3 Å². The van der Waals surface area contributed by atoms with Gasteiger partial charge in [-0.05, 0) is 30.9 Å². The van der Waals surface area contributed by atoms with E-state index in [-0.39, 0.29) is 0 Å². The highest BCUT2D eigenvalue weighted by atomic mass is 32.2. The van der Waals surface area contributed by atoms with Crippen LogP contribution in [0.15, 0.2) is 35.5 Å². The Hall–Kier alpha value is -1.33. The first kappa shape index (κ1) is 17.5. The average Bonchev–Trinajstić information content (AvgIpc) is 2.94. The zero-order chi connectivity index (χ0) is 16.9. The van der Waals surface area contributed by atoms with Crippen molar-refractivity contribution in [2.75, 3.05) is 19.6 Å². The molecule has 0 N–H and O–H groups in total. The Kier molecular flexibility index (Phi) is 5.95. The molecule has 0 amide bonds. The summed E-state index contributed by atoms with van der Waals surface area (Å²) in [7, 11) is 2.12. The molecule has 1 atom stereocenters. The summed E-state index contributed by atoms with van der Waals surface area (Å²) < 4.78 is 2.21. The van der Waals surface area contributed by atoms with Gasteiger partial charge in [0.1, 0.15) is 5.82 Å². The molecule has 5 heteroatoms. The normalized spacial score (nSPS) is 19.1. The van der Waals surface area contributed by atoms with Gasteiger partial charge in [0.2, 0.25) is 0 Å². The first-order chi connectivity index (χ1) is 11.6. The molecule has 1 aliphatic rings. The van der Waals surface area contributed by atoms with E-state index in [0.29, 0.717) is 5.92 Å². The second-order valence-corrected chi connectivity index (χ2v) is 8.11. The molecule has 0 radical (unpaired) electrons. The van der Waals surface area contributed by atoms with Crippen molar-refractivity contribution in [3.05, 3.63) is 41.7 Å². The summed E-state index contributed by atoms with van der Waals surface area (Å²) in [5.74, 6) is 3.33. The van der Waals surface area contributed by atoms with Crippen LogP contribution >= 0.6 is 11.8 Å². The average molecular weight is 345 g/mol. The number of aromatic nitrogens is 3. The lowest BCUT2D eigenvalue weighted by Gasteiger charge is -2.33. The lowest BCUT2D eigenvalue weighted by molar-refractivity contribution is 0.183. The molecule has 1 aromatic heterocycles. The Morgan fingerprint density at radius 3 is 2.75 bits per heavy atom. The SMILES string of the molecule is CC(C)CN1CCC[C@H](c2nnc(SCc3ccccc3)n2C)C1. The van der Waals surface area contributed by atoms with Crippen LogP contribution in [0.1, 0.15) is 44.0 Å². The molecule has 24 heavy (non-hydrogen) atoms. The maximum Gasteiger partial charge on any atom is 0.191 e. The first-order valence-electron chi connectivity index (χ1n) is 8.92. The molecule has 2 heterocycles. The second kappa shape index (κ2) is 8.17. The van der Waals surface area contributed by atoms with Crippen molar-refractivity contribution >= 4 is 11.8 Å². The standard InChI is InChI=1S/C19H28N4S/c1-15(2)12-23-11-7-10-17(13-23)18-20-21-19(22(18)3)24-14-16-8-5-4-6-9-16/h4-6,8-9,15,17H,7,10-14H2,1-3H3/t17-/m0/s1. The number of likely N-dealkylation sites (tertiary alicyclic amines) is 1. The minimum atomic E-state index is 0.515. The lowest BCUT2D eigenvalue weighted by atomic mass is 9.96. The molecule has 0 saturated carbocycles. The summed E-state index contributed by atoms with van der Waals surface area (Å²) in [5, 5.41) is 10.0. The topological polar surface area (TPSA) is 34.0 Å². The summed E-state index contributed by atoms with van der Waals surface area (Å²) in [6.07, 6.45) is 2.49. The summed E-state index contributed by atoms with van der Waals surface area (Å²) in [5.41, 5.74) is 1.33. The van der Waals surface area contributed by atoms with Crippen LogP contribution in [0.25, 0.3) is 0 Å². The first-order valence-corrected chi connectivity index (χ1v) is 9.90. The highest BCUT2D eigenvalue weighted by Gasteiger charge is 2.26. The smallest absolute Gasteiger partial charge is 0.191 e. The monoisotopic (exact) mass is 344 g/mol. The number of nitrogens with zero attached hydrogens (tertiary/aromatic N) is 4. The maximum absolute atomic E-state index is 4.53. The predicted octanol–water partition coefficient (Wildman–Crippen LogP) is 3.94. The molecule has 1 aliphatic heterocycles. The van der Waals surface area contributed by atoms with Gasteiger partial charge in [0.05, 0.1) is 0 Å². The fraction of sp³-hybridized carbons (Fsp3) is 0.579. The van der Waals surface area contributed by atoms with Crippen molar-refractivity contribution in [2.45, 2.75) is 43.5 Å². The van der Waals surface area contributed by atoms with Gasteiger partial charge in [0.25, 0.3) is 0 Å². The molecule has 0 unspecified atom stereocenters. The van der Waals surface area contributed by atoms with Gasteiger partial charge in [-0.1, -0.05) is 55.9 Å². The van der Waals surface area contributed by atoms with E-state index in [0.717, 1.165) is 29.2 Å². The van der Waals surface area contributed by atoms with E-state index in [1.54, 1.807) is 11.8 Å². The molecule has 0 aliphatic carbocycles. The Labute approximate surface area is 149 Å². The predicted molar refractivity (Wildman–Crippen MR) is 100 cm³/mol. The van der Waals surface area contributed by atoms with Crippen LogP contribution in [0.4, 0.5) is 0 Å². The van der Waals surface area contributed by atoms with Gasteiger partial charge in [-0.3, -0.25) is 0 Å². The van der Waals surface area contributed by atoms with Crippen molar-refractivity contribution in [2.24, 2.45) is 13.0 Å². The molecule has 2 aromatic rings. The van der Waals surface area contributed by atoms with Crippen LogP contribution in [0, 0.1) is 5.92 Å².